The first-order valence-corrected chi connectivity index (χ1v) is 5.91. The normalized spacial score (nSPS) is 20.2. The Labute approximate surface area is 97.3 Å². The summed E-state index contributed by atoms with van der Waals surface area (Å²) in [6.45, 7) is 5.06. The second kappa shape index (κ2) is 6.21. The lowest BCUT2D eigenvalue weighted by Gasteiger charge is -2.32. The van der Waals surface area contributed by atoms with Crippen molar-refractivity contribution in [3.05, 3.63) is 5.92 Å². The van der Waals surface area contributed by atoms with Gasteiger partial charge in [0, 0.05) is 13.1 Å². The van der Waals surface area contributed by atoms with Gasteiger partial charge in [-0.1, -0.05) is 13.8 Å². The fourth-order valence-electron chi connectivity index (χ4n) is 2.07. The highest BCUT2D eigenvalue weighted by molar-refractivity contribution is 5.79. The molecule has 4 heteroatoms. The Kier molecular flexibility index (Phi) is 5.22. The zero-order chi connectivity index (χ0) is 12.1. The topological polar surface area (TPSA) is 60.8 Å². The van der Waals surface area contributed by atoms with Crippen molar-refractivity contribution in [2.75, 3.05) is 19.7 Å². The van der Waals surface area contributed by atoms with Crippen LogP contribution in [-0.4, -0.2) is 46.8 Å². The first-order chi connectivity index (χ1) is 7.54. The van der Waals surface area contributed by atoms with Gasteiger partial charge in [0.1, 0.15) is 0 Å². The van der Waals surface area contributed by atoms with E-state index in [2.05, 4.69) is 0 Å². The molecule has 2 N–H and O–H groups in total. The lowest BCUT2D eigenvalue weighted by molar-refractivity contribution is -0.139. The predicted octanol–water partition coefficient (Wildman–Crippen LogP) is 0.583. The van der Waals surface area contributed by atoms with Crippen molar-refractivity contribution in [2.24, 2.45) is 5.92 Å². The van der Waals surface area contributed by atoms with Gasteiger partial charge in [-0.25, -0.2) is 0 Å². The molecule has 0 spiro atoms. The van der Waals surface area contributed by atoms with Crippen LogP contribution in [0.5, 0.6) is 0 Å². The third-order valence-electron chi connectivity index (χ3n) is 3.00. The van der Waals surface area contributed by atoms with Gasteiger partial charge in [0.2, 0.25) is 5.91 Å². The fourth-order valence-corrected chi connectivity index (χ4v) is 2.07. The van der Waals surface area contributed by atoms with Crippen molar-refractivity contribution in [2.45, 2.75) is 39.2 Å². The van der Waals surface area contributed by atoms with Crippen LogP contribution in [0.15, 0.2) is 0 Å². The van der Waals surface area contributed by atoms with Crippen LogP contribution in [-0.2, 0) is 4.79 Å². The maximum Gasteiger partial charge on any atom is 0.228 e. The van der Waals surface area contributed by atoms with Crippen molar-refractivity contribution >= 4 is 5.91 Å². The third-order valence-corrected chi connectivity index (χ3v) is 3.00. The van der Waals surface area contributed by atoms with E-state index in [0.717, 1.165) is 5.92 Å². The molecule has 1 aliphatic heterocycles. The monoisotopic (exact) mass is 228 g/mol. The van der Waals surface area contributed by atoms with Gasteiger partial charge in [-0.3, -0.25) is 4.79 Å². The summed E-state index contributed by atoms with van der Waals surface area (Å²) in [4.78, 5) is 13.8. The average Bonchev–Trinajstić information content (AvgIpc) is 2.25. The van der Waals surface area contributed by atoms with Crippen LogP contribution in [0.25, 0.3) is 0 Å². The highest BCUT2D eigenvalue weighted by Crippen LogP contribution is 2.18. The molecule has 1 amide bonds. The number of carbonyl (C=O) groups excluding carboxylic acids is 1. The number of amides is 1. The van der Waals surface area contributed by atoms with Gasteiger partial charge in [-0.2, -0.15) is 0 Å². The van der Waals surface area contributed by atoms with E-state index in [1.807, 2.05) is 13.8 Å². The van der Waals surface area contributed by atoms with Gasteiger partial charge in [-0.15, -0.1) is 0 Å². The molecule has 1 saturated heterocycles. The molecule has 1 rings (SSSR count). The number of likely N-dealkylation sites (tertiary alicyclic amines) is 1. The van der Waals surface area contributed by atoms with Gasteiger partial charge in [0.25, 0.3) is 0 Å². The largest absolute Gasteiger partial charge is 0.396 e. The molecular weight excluding hydrogens is 206 g/mol. The van der Waals surface area contributed by atoms with E-state index >= 15 is 0 Å². The van der Waals surface area contributed by atoms with Crippen LogP contribution in [0.2, 0.25) is 0 Å². The van der Waals surface area contributed by atoms with Crippen LogP contribution in [0, 0.1) is 11.8 Å². The van der Waals surface area contributed by atoms with Crippen molar-refractivity contribution < 1.29 is 15.0 Å². The molecule has 0 aromatic rings. The maximum atomic E-state index is 12.0. The third kappa shape index (κ3) is 3.76. The summed E-state index contributed by atoms with van der Waals surface area (Å²) in [6, 6.07) is 0. The lowest BCUT2D eigenvalue weighted by Crippen LogP contribution is -2.44. The minimum absolute atomic E-state index is 0.0237. The standard InChI is InChI=1S/C12H22NO3/c1-9(2)7-10(8-14)12(16)13-5-3-11(15)4-6-13/h10-11,14-15H,3-8H2,1-2H3/t10-/m0/s1. The van der Waals surface area contributed by atoms with E-state index in [4.69, 9.17) is 0 Å². The Bertz CT molecular complexity index is 222. The van der Waals surface area contributed by atoms with E-state index in [1.165, 1.54) is 0 Å². The van der Waals surface area contributed by atoms with Gasteiger partial charge in [0.15, 0.2) is 0 Å². The summed E-state index contributed by atoms with van der Waals surface area (Å²) in [6.07, 6.45) is 1.68. The molecule has 93 valence electrons. The van der Waals surface area contributed by atoms with E-state index in [1.54, 1.807) is 4.90 Å². The van der Waals surface area contributed by atoms with Gasteiger partial charge >= 0.3 is 0 Å². The average molecular weight is 228 g/mol. The number of nitrogens with zero attached hydrogens (tertiary/aromatic N) is 1. The molecule has 1 fully saturated rings. The number of carbonyl (C=O) groups is 1. The highest BCUT2D eigenvalue weighted by atomic mass is 16.3. The Hall–Kier alpha value is -0.610. The molecule has 1 aliphatic rings. The van der Waals surface area contributed by atoms with E-state index in [-0.39, 0.29) is 24.5 Å². The predicted molar refractivity (Wildman–Crippen MR) is 61.6 cm³/mol. The number of hydrogen-bond donors (Lipinski definition) is 2. The quantitative estimate of drug-likeness (QED) is 0.740. The minimum Gasteiger partial charge on any atom is -0.396 e. The summed E-state index contributed by atoms with van der Waals surface area (Å²) in [7, 11) is 0. The second-order valence-electron chi connectivity index (χ2n) is 4.85. The molecule has 0 bridgehead atoms. The maximum absolute atomic E-state index is 12.0. The van der Waals surface area contributed by atoms with Crippen molar-refractivity contribution in [3.63, 3.8) is 0 Å². The molecule has 16 heavy (non-hydrogen) atoms. The molecule has 4 nitrogen and oxygen atoms in total. The molecule has 0 aromatic carbocycles. The zero-order valence-corrected chi connectivity index (χ0v) is 10.1. The molecule has 1 radical (unpaired) electrons. The molecule has 1 heterocycles. The molecule has 0 aliphatic carbocycles. The van der Waals surface area contributed by atoms with Crippen LogP contribution < -0.4 is 0 Å². The Morgan fingerprint density at radius 3 is 2.38 bits per heavy atom. The second-order valence-corrected chi connectivity index (χ2v) is 4.85. The SMILES string of the molecule is C[C](C)C[C@@H](CO)C(=O)N1CCC(O)CC1. The summed E-state index contributed by atoms with van der Waals surface area (Å²) in [5.74, 6) is 0.875. The van der Waals surface area contributed by atoms with Crippen molar-refractivity contribution in [1.29, 1.82) is 0 Å². The first kappa shape index (κ1) is 13.5. The summed E-state index contributed by atoms with van der Waals surface area (Å²) < 4.78 is 0. The molecule has 0 aromatic heterocycles. The summed E-state index contributed by atoms with van der Waals surface area (Å²) >= 11 is 0. The number of piperidine rings is 1. The smallest absolute Gasteiger partial charge is 0.228 e. The highest BCUT2D eigenvalue weighted by Gasteiger charge is 2.27. The molecule has 0 saturated carbocycles. The Morgan fingerprint density at radius 2 is 1.94 bits per heavy atom. The van der Waals surface area contributed by atoms with Crippen LogP contribution in [0.1, 0.15) is 33.1 Å². The van der Waals surface area contributed by atoms with Crippen LogP contribution in [0.3, 0.4) is 0 Å². The summed E-state index contributed by atoms with van der Waals surface area (Å²) in [5, 5.41) is 18.6. The minimum atomic E-state index is -0.305. The molecular formula is C12H22NO3. The number of rotatable bonds is 4. The van der Waals surface area contributed by atoms with Crippen LogP contribution in [0.4, 0.5) is 0 Å². The van der Waals surface area contributed by atoms with E-state index in [0.29, 0.717) is 32.4 Å². The number of aliphatic hydroxyl groups is 2. The zero-order valence-electron chi connectivity index (χ0n) is 10.1. The van der Waals surface area contributed by atoms with Crippen molar-refractivity contribution in [3.8, 4) is 0 Å². The number of aliphatic hydroxyl groups excluding tert-OH is 2. The molecule has 0 unspecified atom stereocenters. The Morgan fingerprint density at radius 1 is 1.38 bits per heavy atom. The Balaban J connectivity index is 2.48. The van der Waals surface area contributed by atoms with Crippen molar-refractivity contribution in [1.82, 2.24) is 4.90 Å². The van der Waals surface area contributed by atoms with E-state index < -0.39 is 0 Å². The molecule has 1 atom stereocenters. The van der Waals surface area contributed by atoms with Gasteiger partial charge < -0.3 is 15.1 Å². The van der Waals surface area contributed by atoms with Gasteiger partial charge in [-0.05, 0) is 25.2 Å². The summed E-state index contributed by atoms with van der Waals surface area (Å²) in [5.41, 5.74) is 0. The van der Waals surface area contributed by atoms with E-state index in [9.17, 15) is 15.0 Å². The van der Waals surface area contributed by atoms with Crippen LogP contribution >= 0.6 is 0 Å². The lowest BCUT2D eigenvalue weighted by atomic mass is 9.95. The van der Waals surface area contributed by atoms with Gasteiger partial charge in [0.05, 0.1) is 18.6 Å². The number of hydrogen-bond acceptors (Lipinski definition) is 3. The fraction of sp³-hybridized carbons (Fsp3) is 0.833. The first-order valence-electron chi connectivity index (χ1n) is 5.91.